The zero-order chi connectivity index (χ0) is 16.4. The number of aromatic nitrogens is 3. The van der Waals surface area contributed by atoms with E-state index in [0.717, 1.165) is 10.9 Å². The molecule has 0 spiro atoms. The Morgan fingerprint density at radius 2 is 2.17 bits per heavy atom. The molecule has 0 bridgehead atoms. The highest BCUT2D eigenvalue weighted by atomic mass is 79.9. The van der Waals surface area contributed by atoms with Crippen LogP contribution in [-0.2, 0) is 4.79 Å². The minimum atomic E-state index is -0.130. The number of rotatable bonds is 3. The Labute approximate surface area is 141 Å². The molecule has 1 saturated heterocycles. The molecule has 0 aliphatic carbocycles. The van der Waals surface area contributed by atoms with Crippen molar-refractivity contribution >= 4 is 33.4 Å². The van der Waals surface area contributed by atoms with E-state index in [9.17, 15) is 9.59 Å². The number of anilines is 1. The summed E-state index contributed by atoms with van der Waals surface area (Å²) in [6, 6.07) is 1.88. The van der Waals surface area contributed by atoms with Gasteiger partial charge in [-0.05, 0) is 28.4 Å². The molecule has 1 fully saturated rings. The maximum atomic E-state index is 12.5. The molecule has 7 nitrogen and oxygen atoms in total. The molecule has 1 unspecified atom stereocenters. The van der Waals surface area contributed by atoms with E-state index in [2.05, 4.69) is 31.3 Å². The summed E-state index contributed by atoms with van der Waals surface area (Å²) >= 11 is 3.33. The molecule has 1 atom stereocenters. The second-order valence-electron chi connectivity index (χ2n) is 5.48. The Balaban J connectivity index is 1.67. The summed E-state index contributed by atoms with van der Waals surface area (Å²) in [4.78, 5) is 29.4. The van der Waals surface area contributed by atoms with Crippen molar-refractivity contribution in [1.29, 1.82) is 0 Å². The molecule has 0 radical (unpaired) electrons. The molecular formula is C15H16BrN5O2. The number of likely N-dealkylation sites (tertiary alicyclic amines) is 1. The first-order valence-corrected chi connectivity index (χ1v) is 8.04. The number of nitrogens with zero attached hydrogens (tertiary/aromatic N) is 4. The fourth-order valence-corrected chi connectivity index (χ4v) is 3.02. The topological polar surface area (TPSA) is 80.1 Å². The van der Waals surface area contributed by atoms with E-state index in [1.807, 2.05) is 0 Å². The number of carbonyl (C=O) groups excluding carboxylic acids is 2. The van der Waals surface area contributed by atoms with Crippen LogP contribution in [0.5, 0.6) is 0 Å². The van der Waals surface area contributed by atoms with Crippen molar-refractivity contribution in [2.75, 3.05) is 18.4 Å². The molecule has 1 aliphatic rings. The van der Waals surface area contributed by atoms with Crippen LogP contribution in [-0.4, -0.2) is 44.6 Å². The third-order valence-electron chi connectivity index (χ3n) is 3.70. The predicted octanol–water partition coefficient (Wildman–Crippen LogP) is 2.09. The number of carbonyl (C=O) groups is 2. The van der Waals surface area contributed by atoms with Crippen LogP contribution in [0.25, 0.3) is 0 Å². The number of hydrogen-bond donors (Lipinski definition) is 1. The third kappa shape index (κ3) is 3.58. The molecule has 2 aromatic rings. The fraction of sp³-hybridized carbons (Fsp3) is 0.333. The highest BCUT2D eigenvalue weighted by Crippen LogP contribution is 2.24. The summed E-state index contributed by atoms with van der Waals surface area (Å²) in [7, 11) is 0. The Morgan fingerprint density at radius 1 is 1.35 bits per heavy atom. The normalized spacial score (nSPS) is 17.3. The first-order valence-electron chi connectivity index (χ1n) is 7.24. The number of pyridine rings is 1. The summed E-state index contributed by atoms with van der Waals surface area (Å²) < 4.78 is 2.59. The minimum absolute atomic E-state index is 0.0319. The molecule has 0 aromatic carbocycles. The van der Waals surface area contributed by atoms with Crippen molar-refractivity contribution in [2.45, 2.75) is 19.4 Å². The first kappa shape index (κ1) is 15.7. The molecule has 23 heavy (non-hydrogen) atoms. The van der Waals surface area contributed by atoms with Gasteiger partial charge < -0.3 is 10.2 Å². The Kier molecular flexibility index (Phi) is 4.42. The summed E-state index contributed by atoms with van der Waals surface area (Å²) in [6.45, 7) is 2.72. The average Bonchev–Trinajstić information content (AvgIpc) is 3.14. The van der Waals surface area contributed by atoms with Crippen LogP contribution in [0.4, 0.5) is 5.69 Å². The van der Waals surface area contributed by atoms with Gasteiger partial charge in [0.05, 0.1) is 23.5 Å². The lowest BCUT2D eigenvalue weighted by molar-refractivity contribution is -0.114. The van der Waals surface area contributed by atoms with Gasteiger partial charge in [0.15, 0.2) is 0 Å². The Bertz CT molecular complexity index is 745. The summed E-state index contributed by atoms with van der Waals surface area (Å²) in [5, 5.41) is 6.97. The molecular weight excluding hydrogens is 362 g/mol. The van der Waals surface area contributed by atoms with Crippen molar-refractivity contribution in [1.82, 2.24) is 19.7 Å². The summed E-state index contributed by atoms with van der Waals surface area (Å²) in [5.41, 5.74) is 1.23. The van der Waals surface area contributed by atoms with Crippen LogP contribution >= 0.6 is 15.9 Å². The van der Waals surface area contributed by atoms with E-state index >= 15 is 0 Å². The molecule has 2 aromatic heterocycles. The monoisotopic (exact) mass is 377 g/mol. The predicted molar refractivity (Wildman–Crippen MR) is 88.0 cm³/mol. The van der Waals surface area contributed by atoms with Gasteiger partial charge in [-0.1, -0.05) is 0 Å². The number of nitrogens with one attached hydrogen (secondary N) is 1. The molecule has 1 N–H and O–H groups in total. The summed E-state index contributed by atoms with van der Waals surface area (Å²) in [5.74, 6) is -0.162. The van der Waals surface area contributed by atoms with Crippen LogP contribution in [0.15, 0.2) is 35.3 Å². The molecule has 3 rings (SSSR count). The van der Waals surface area contributed by atoms with Crippen LogP contribution in [0.1, 0.15) is 29.7 Å². The molecule has 3 heterocycles. The first-order chi connectivity index (χ1) is 11.0. The Morgan fingerprint density at radius 3 is 2.91 bits per heavy atom. The van der Waals surface area contributed by atoms with Gasteiger partial charge in [-0.25, -0.2) is 0 Å². The lowest BCUT2D eigenvalue weighted by atomic mass is 10.2. The zero-order valence-corrected chi connectivity index (χ0v) is 14.2. The van der Waals surface area contributed by atoms with Gasteiger partial charge in [0.2, 0.25) is 5.91 Å². The van der Waals surface area contributed by atoms with Gasteiger partial charge >= 0.3 is 0 Å². The van der Waals surface area contributed by atoms with Crippen LogP contribution in [0.2, 0.25) is 0 Å². The second kappa shape index (κ2) is 6.49. The smallest absolute Gasteiger partial charge is 0.255 e. The maximum absolute atomic E-state index is 12.5. The van der Waals surface area contributed by atoms with Gasteiger partial charge in [-0.2, -0.15) is 5.10 Å². The van der Waals surface area contributed by atoms with Crippen LogP contribution < -0.4 is 5.32 Å². The number of amides is 2. The highest BCUT2D eigenvalue weighted by Gasteiger charge is 2.28. The minimum Gasteiger partial charge on any atom is -0.336 e. The van der Waals surface area contributed by atoms with E-state index in [1.54, 1.807) is 40.4 Å². The van der Waals surface area contributed by atoms with Crippen molar-refractivity contribution in [3.8, 4) is 0 Å². The molecule has 2 amide bonds. The summed E-state index contributed by atoms with van der Waals surface area (Å²) in [6.07, 6.45) is 7.46. The van der Waals surface area contributed by atoms with Gasteiger partial charge in [0.1, 0.15) is 0 Å². The average molecular weight is 378 g/mol. The van der Waals surface area contributed by atoms with E-state index in [-0.39, 0.29) is 17.9 Å². The van der Waals surface area contributed by atoms with Gasteiger partial charge in [0, 0.05) is 43.1 Å². The lowest BCUT2D eigenvalue weighted by Gasteiger charge is -2.16. The standard InChI is InChI=1S/C15H16BrN5O2/c1-10(22)19-13-7-18-21(8-13)14-2-3-20(9-14)15(23)11-4-12(16)6-17-5-11/h4-8,14H,2-3,9H2,1H3,(H,19,22). The lowest BCUT2D eigenvalue weighted by Crippen LogP contribution is -2.29. The van der Waals surface area contributed by atoms with Crippen molar-refractivity contribution < 1.29 is 9.59 Å². The Hall–Kier alpha value is -2.22. The quantitative estimate of drug-likeness (QED) is 0.887. The van der Waals surface area contributed by atoms with Crippen molar-refractivity contribution in [3.05, 3.63) is 40.9 Å². The van der Waals surface area contributed by atoms with Gasteiger partial charge in [0.25, 0.3) is 5.91 Å². The van der Waals surface area contributed by atoms with E-state index in [1.165, 1.54) is 6.92 Å². The van der Waals surface area contributed by atoms with Crippen LogP contribution in [0, 0.1) is 0 Å². The largest absolute Gasteiger partial charge is 0.336 e. The van der Waals surface area contributed by atoms with Gasteiger partial charge in [-0.3, -0.25) is 19.3 Å². The zero-order valence-electron chi connectivity index (χ0n) is 12.6. The second-order valence-corrected chi connectivity index (χ2v) is 6.39. The van der Waals surface area contributed by atoms with Crippen molar-refractivity contribution in [2.24, 2.45) is 0 Å². The molecule has 0 saturated carbocycles. The van der Waals surface area contributed by atoms with E-state index in [0.29, 0.717) is 24.3 Å². The third-order valence-corrected chi connectivity index (χ3v) is 4.13. The number of hydrogen-bond acceptors (Lipinski definition) is 4. The van der Waals surface area contributed by atoms with Crippen LogP contribution in [0.3, 0.4) is 0 Å². The maximum Gasteiger partial charge on any atom is 0.255 e. The van der Waals surface area contributed by atoms with E-state index in [4.69, 9.17) is 0 Å². The molecule has 120 valence electrons. The highest BCUT2D eigenvalue weighted by molar-refractivity contribution is 9.10. The van der Waals surface area contributed by atoms with Crippen molar-refractivity contribution in [3.63, 3.8) is 0 Å². The number of halogens is 1. The van der Waals surface area contributed by atoms with Gasteiger partial charge in [-0.15, -0.1) is 0 Å². The molecule has 1 aliphatic heterocycles. The molecule has 8 heteroatoms. The van der Waals surface area contributed by atoms with E-state index < -0.39 is 0 Å². The fourth-order valence-electron chi connectivity index (χ4n) is 2.66. The SMILES string of the molecule is CC(=O)Nc1cnn(C2CCN(C(=O)c3cncc(Br)c3)C2)c1.